The Balaban J connectivity index is 1.98. The van der Waals surface area contributed by atoms with E-state index in [9.17, 15) is 9.59 Å². The fourth-order valence-corrected chi connectivity index (χ4v) is 4.73. The molecule has 158 valence electrons. The van der Waals surface area contributed by atoms with Crippen molar-refractivity contribution in [2.24, 2.45) is 5.41 Å². The number of carbonyl (C=O) groups excluding carboxylic acids is 1. The van der Waals surface area contributed by atoms with E-state index in [1.165, 1.54) is 11.8 Å². The molecule has 0 saturated carbocycles. The number of ether oxygens (including phenoxy) is 2. The third-order valence-electron chi connectivity index (χ3n) is 5.63. The number of hydrogen-bond acceptors (Lipinski definition) is 7. The SMILES string of the molecule is COc1ccc(C2C3=C(CC(C)(C)CC3=O)Nc3nc(SC)[nH]c(=O)c32)cc1OC. The Kier molecular flexibility index (Phi) is 5.13. The molecule has 2 heterocycles. The summed E-state index contributed by atoms with van der Waals surface area (Å²) in [5, 5.41) is 3.84. The Morgan fingerprint density at radius 3 is 2.53 bits per heavy atom. The molecule has 4 rings (SSSR count). The second-order valence-corrected chi connectivity index (χ2v) is 9.14. The highest BCUT2D eigenvalue weighted by atomic mass is 32.2. The molecule has 0 saturated heterocycles. The van der Waals surface area contributed by atoms with Crippen LogP contribution in [0.4, 0.5) is 5.82 Å². The number of benzene rings is 1. The minimum absolute atomic E-state index is 0.0486. The molecule has 1 atom stereocenters. The third kappa shape index (κ3) is 3.39. The van der Waals surface area contributed by atoms with Crippen LogP contribution in [-0.2, 0) is 4.79 Å². The van der Waals surface area contributed by atoms with Crippen LogP contribution < -0.4 is 20.3 Å². The number of nitrogens with one attached hydrogen (secondary N) is 2. The number of fused-ring (bicyclic) bond motifs is 1. The lowest BCUT2D eigenvalue weighted by Gasteiger charge is -2.38. The molecule has 7 nitrogen and oxygen atoms in total. The maximum absolute atomic E-state index is 13.3. The maximum Gasteiger partial charge on any atom is 0.257 e. The molecule has 1 aromatic carbocycles. The molecule has 1 aromatic heterocycles. The van der Waals surface area contributed by atoms with Crippen LogP contribution >= 0.6 is 11.8 Å². The summed E-state index contributed by atoms with van der Waals surface area (Å²) in [4.78, 5) is 33.8. The molecule has 0 spiro atoms. The number of allylic oxidation sites excluding steroid dienone is 2. The Morgan fingerprint density at radius 1 is 1.13 bits per heavy atom. The molecule has 0 radical (unpaired) electrons. The van der Waals surface area contributed by atoms with Gasteiger partial charge in [0.2, 0.25) is 0 Å². The van der Waals surface area contributed by atoms with E-state index >= 15 is 0 Å². The van der Waals surface area contributed by atoms with Gasteiger partial charge in [-0.3, -0.25) is 9.59 Å². The van der Waals surface area contributed by atoms with Crippen LogP contribution in [-0.4, -0.2) is 36.2 Å². The molecule has 2 aromatic rings. The van der Waals surface area contributed by atoms with E-state index < -0.39 is 5.92 Å². The van der Waals surface area contributed by atoms with Gasteiger partial charge in [0.15, 0.2) is 22.4 Å². The Hall–Kier alpha value is -2.74. The highest BCUT2D eigenvalue weighted by Crippen LogP contribution is 2.48. The van der Waals surface area contributed by atoms with E-state index in [0.29, 0.717) is 46.5 Å². The van der Waals surface area contributed by atoms with Crippen LogP contribution in [0, 0.1) is 5.41 Å². The summed E-state index contributed by atoms with van der Waals surface area (Å²) in [6.45, 7) is 4.16. The first-order valence-electron chi connectivity index (χ1n) is 9.71. The van der Waals surface area contributed by atoms with Crippen LogP contribution in [0.1, 0.15) is 43.7 Å². The molecule has 2 aliphatic rings. The number of hydrogen-bond donors (Lipinski definition) is 2. The first-order valence-corrected chi connectivity index (χ1v) is 10.9. The number of Topliss-reactive ketones (excluding diaryl/α,β-unsaturated/α-hetero) is 1. The van der Waals surface area contributed by atoms with E-state index in [0.717, 1.165) is 11.3 Å². The molecular weight excluding hydrogens is 402 g/mol. The maximum atomic E-state index is 13.3. The number of anilines is 1. The van der Waals surface area contributed by atoms with E-state index in [4.69, 9.17) is 9.47 Å². The van der Waals surface area contributed by atoms with Gasteiger partial charge in [0.05, 0.1) is 19.8 Å². The lowest BCUT2D eigenvalue weighted by Crippen LogP contribution is -2.37. The number of methoxy groups -OCH3 is 2. The van der Waals surface area contributed by atoms with E-state index in [1.54, 1.807) is 20.3 Å². The highest BCUT2D eigenvalue weighted by Gasteiger charge is 2.42. The van der Waals surface area contributed by atoms with Crippen molar-refractivity contribution in [3.05, 3.63) is 50.9 Å². The van der Waals surface area contributed by atoms with Crippen LogP contribution in [0.2, 0.25) is 0 Å². The van der Waals surface area contributed by atoms with Crippen molar-refractivity contribution in [1.82, 2.24) is 9.97 Å². The van der Waals surface area contributed by atoms with Crippen molar-refractivity contribution in [2.45, 2.75) is 37.8 Å². The molecule has 8 heteroatoms. The summed E-state index contributed by atoms with van der Waals surface area (Å²) >= 11 is 1.37. The van der Waals surface area contributed by atoms with Crippen LogP contribution in [0.3, 0.4) is 0 Å². The van der Waals surface area contributed by atoms with Gasteiger partial charge in [-0.05, 0) is 35.8 Å². The Labute approximate surface area is 179 Å². The molecule has 1 aliphatic heterocycles. The summed E-state index contributed by atoms with van der Waals surface area (Å²) in [5.41, 5.74) is 2.31. The van der Waals surface area contributed by atoms with Crippen molar-refractivity contribution in [2.75, 3.05) is 25.8 Å². The van der Waals surface area contributed by atoms with Crippen molar-refractivity contribution >= 4 is 23.4 Å². The number of aromatic amines is 1. The van der Waals surface area contributed by atoms with Gasteiger partial charge in [-0.15, -0.1) is 0 Å². The van der Waals surface area contributed by atoms with Gasteiger partial charge in [-0.25, -0.2) is 4.98 Å². The second kappa shape index (κ2) is 7.50. The zero-order chi connectivity index (χ0) is 21.6. The Bertz CT molecular complexity index is 1120. The largest absolute Gasteiger partial charge is 0.493 e. The molecule has 1 aliphatic carbocycles. The molecule has 1 unspecified atom stereocenters. The number of thioether (sulfide) groups is 1. The summed E-state index contributed by atoms with van der Waals surface area (Å²) in [7, 11) is 3.14. The molecule has 30 heavy (non-hydrogen) atoms. The average molecular weight is 428 g/mol. The molecule has 2 N–H and O–H groups in total. The standard InChI is InChI=1S/C22H25N3O4S/c1-22(2)9-12-17(13(26)10-22)16(11-6-7-14(28-3)15(8-11)29-4)18-19(23-12)24-21(30-5)25-20(18)27/h6-8,16H,9-10H2,1-5H3,(H2,23,24,25,27). The number of ketones is 1. The molecule has 0 amide bonds. The summed E-state index contributed by atoms with van der Waals surface area (Å²) in [6, 6.07) is 5.50. The average Bonchev–Trinajstić information content (AvgIpc) is 2.70. The molecule has 0 bridgehead atoms. The highest BCUT2D eigenvalue weighted by molar-refractivity contribution is 7.98. The topological polar surface area (TPSA) is 93.3 Å². The zero-order valence-electron chi connectivity index (χ0n) is 17.7. The predicted octanol–water partition coefficient (Wildman–Crippen LogP) is 3.71. The quantitative estimate of drug-likeness (QED) is 0.567. The van der Waals surface area contributed by atoms with Crippen molar-refractivity contribution in [3.8, 4) is 11.5 Å². The third-order valence-corrected chi connectivity index (χ3v) is 6.21. The van der Waals surface area contributed by atoms with Gasteiger partial charge in [-0.2, -0.15) is 0 Å². The molecule has 0 fully saturated rings. The van der Waals surface area contributed by atoms with Crippen LogP contribution in [0.25, 0.3) is 0 Å². The summed E-state index contributed by atoms with van der Waals surface area (Å²) in [5.74, 6) is 1.17. The first-order chi connectivity index (χ1) is 14.3. The van der Waals surface area contributed by atoms with Crippen LogP contribution in [0.15, 0.2) is 39.4 Å². The van der Waals surface area contributed by atoms with Crippen LogP contribution in [0.5, 0.6) is 11.5 Å². The van der Waals surface area contributed by atoms with Gasteiger partial charge >= 0.3 is 0 Å². The fourth-order valence-electron chi connectivity index (χ4n) is 4.36. The minimum Gasteiger partial charge on any atom is -0.493 e. The van der Waals surface area contributed by atoms with Gasteiger partial charge in [0.1, 0.15) is 5.82 Å². The zero-order valence-corrected chi connectivity index (χ0v) is 18.5. The predicted molar refractivity (Wildman–Crippen MR) is 117 cm³/mol. The minimum atomic E-state index is -0.521. The van der Waals surface area contributed by atoms with Crippen molar-refractivity contribution < 1.29 is 14.3 Å². The second-order valence-electron chi connectivity index (χ2n) is 8.34. The monoisotopic (exact) mass is 427 g/mol. The number of aromatic nitrogens is 2. The summed E-state index contributed by atoms with van der Waals surface area (Å²) in [6.07, 6.45) is 3.00. The number of H-pyrrole nitrogens is 1. The smallest absolute Gasteiger partial charge is 0.257 e. The number of nitrogens with zero attached hydrogens (tertiary/aromatic N) is 1. The normalized spacial score (nSPS) is 19.6. The van der Waals surface area contributed by atoms with Gasteiger partial charge in [0.25, 0.3) is 5.56 Å². The van der Waals surface area contributed by atoms with Crippen molar-refractivity contribution in [3.63, 3.8) is 0 Å². The van der Waals surface area contributed by atoms with Gasteiger partial charge in [-0.1, -0.05) is 31.7 Å². The van der Waals surface area contributed by atoms with E-state index in [1.807, 2.05) is 18.4 Å². The first kappa shape index (κ1) is 20.5. The lowest BCUT2D eigenvalue weighted by atomic mass is 9.69. The van der Waals surface area contributed by atoms with Crippen molar-refractivity contribution in [1.29, 1.82) is 0 Å². The summed E-state index contributed by atoms with van der Waals surface area (Å²) < 4.78 is 10.8. The van der Waals surface area contributed by atoms with E-state index in [-0.39, 0.29) is 16.8 Å². The molecular formula is C22H25N3O4S. The number of carbonyl (C=O) groups is 1. The number of rotatable bonds is 4. The van der Waals surface area contributed by atoms with E-state index in [2.05, 4.69) is 29.1 Å². The van der Waals surface area contributed by atoms with Gasteiger partial charge in [0, 0.05) is 23.6 Å². The van der Waals surface area contributed by atoms with Gasteiger partial charge < -0.3 is 19.8 Å². The Morgan fingerprint density at radius 2 is 1.87 bits per heavy atom. The fraction of sp³-hybridized carbons (Fsp3) is 0.409. The lowest BCUT2D eigenvalue weighted by molar-refractivity contribution is -0.118.